The largest absolute Gasteiger partial charge is 0.393 e. The number of aliphatic hydroxyl groups excluding tert-OH is 1. The van der Waals surface area contributed by atoms with E-state index in [9.17, 15) is 5.11 Å². The fraction of sp³-hybridized carbons (Fsp3) is 1.00. The van der Waals surface area contributed by atoms with E-state index in [1.54, 1.807) is 0 Å². The van der Waals surface area contributed by atoms with E-state index in [4.69, 9.17) is 4.74 Å². The van der Waals surface area contributed by atoms with Gasteiger partial charge in [0.2, 0.25) is 0 Å². The standard InChI is InChI=1S/C13H27NO2/c1-11(2)5-8-16-9-7-14-6-4-13(15)12(3)10-14/h11-13,15H,4-10H2,1-3H3. The summed E-state index contributed by atoms with van der Waals surface area (Å²) >= 11 is 0. The maximum Gasteiger partial charge on any atom is 0.0593 e. The van der Waals surface area contributed by atoms with Crippen molar-refractivity contribution in [1.29, 1.82) is 0 Å². The van der Waals surface area contributed by atoms with Gasteiger partial charge < -0.3 is 14.7 Å². The summed E-state index contributed by atoms with van der Waals surface area (Å²) in [5.74, 6) is 1.13. The van der Waals surface area contributed by atoms with Crippen molar-refractivity contribution in [1.82, 2.24) is 4.90 Å². The molecule has 1 aliphatic heterocycles. The number of aliphatic hydroxyl groups is 1. The first-order valence-electron chi connectivity index (χ1n) is 6.57. The molecule has 0 radical (unpaired) electrons. The fourth-order valence-electron chi connectivity index (χ4n) is 2.04. The molecule has 0 aliphatic carbocycles. The van der Waals surface area contributed by atoms with E-state index < -0.39 is 0 Å². The topological polar surface area (TPSA) is 32.7 Å². The van der Waals surface area contributed by atoms with Crippen LogP contribution in [0.25, 0.3) is 0 Å². The van der Waals surface area contributed by atoms with E-state index in [2.05, 4.69) is 25.7 Å². The van der Waals surface area contributed by atoms with Gasteiger partial charge in [-0.3, -0.25) is 0 Å². The minimum atomic E-state index is -0.0990. The minimum Gasteiger partial charge on any atom is -0.393 e. The van der Waals surface area contributed by atoms with Crippen LogP contribution < -0.4 is 0 Å². The van der Waals surface area contributed by atoms with Crippen LogP contribution in [0.5, 0.6) is 0 Å². The molecule has 0 aromatic rings. The lowest BCUT2D eigenvalue weighted by Gasteiger charge is -2.34. The zero-order valence-electron chi connectivity index (χ0n) is 11.0. The zero-order chi connectivity index (χ0) is 12.0. The van der Waals surface area contributed by atoms with Crippen molar-refractivity contribution in [3.05, 3.63) is 0 Å². The Hall–Kier alpha value is -0.120. The number of piperidine rings is 1. The van der Waals surface area contributed by atoms with Gasteiger partial charge >= 0.3 is 0 Å². The summed E-state index contributed by atoms with van der Waals surface area (Å²) in [5, 5.41) is 9.61. The lowest BCUT2D eigenvalue weighted by molar-refractivity contribution is 0.0193. The molecular weight excluding hydrogens is 202 g/mol. The van der Waals surface area contributed by atoms with Crippen molar-refractivity contribution in [2.24, 2.45) is 11.8 Å². The highest BCUT2D eigenvalue weighted by atomic mass is 16.5. The fourth-order valence-corrected chi connectivity index (χ4v) is 2.04. The Bertz CT molecular complexity index is 185. The van der Waals surface area contributed by atoms with Crippen molar-refractivity contribution >= 4 is 0 Å². The Labute approximate surface area is 99.8 Å². The molecule has 2 atom stereocenters. The van der Waals surface area contributed by atoms with Gasteiger partial charge in [0.25, 0.3) is 0 Å². The Morgan fingerprint density at radius 1 is 1.38 bits per heavy atom. The molecule has 0 aromatic heterocycles. The second kappa shape index (κ2) is 7.25. The molecule has 3 nitrogen and oxygen atoms in total. The monoisotopic (exact) mass is 229 g/mol. The number of hydrogen-bond acceptors (Lipinski definition) is 3. The maximum atomic E-state index is 9.61. The van der Waals surface area contributed by atoms with Crippen LogP contribution in [0.15, 0.2) is 0 Å². The molecule has 0 saturated carbocycles. The molecule has 2 unspecified atom stereocenters. The highest BCUT2D eigenvalue weighted by Crippen LogP contribution is 2.15. The molecule has 16 heavy (non-hydrogen) atoms. The Kier molecular flexibility index (Phi) is 6.32. The Morgan fingerprint density at radius 2 is 2.12 bits per heavy atom. The average molecular weight is 229 g/mol. The van der Waals surface area contributed by atoms with Gasteiger partial charge in [-0.1, -0.05) is 20.8 Å². The van der Waals surface area contributed by atoms with Crippen LogP contribution in [0.1, 0.15) is 33.6 Å². The number of nitrogens with zero attached hydrogens (tertiary/aromatic N) is 1. The quantitative estimate of drug-likeness (QED) is 0.704. The molecule has 0 amide bonds. The first-order valence-corrected chi connectivity index (χ1v) is 6.57. The van der Waals surface area contributed by atoms with Crippen molar-refractivity contribution in [2.45, 2.75) is 39.7 Å². The van der Waals surface area contributed by atoms with Crippen molar-refractivity contribution in [3.8, 4) is 0 Å². The summed E-state index contributed by atoms with van der Waals surface area (Å²) < 4.78 is 5.61. The van der Waals surface area contributed by atoms with E-state index in [0.29, 0.717) is 5.92 Å². The molecule has 0 spiro atoms. The molecule has 1 heterocycles. The number of likely N-dealkylation sites (tertiary alicyclic amines) is 1. The van der Waals surface area contributed by atoms with Gasteiger partial charge in [0.1, 0.15) is 0 Å². The maximum absolute atomic E-state index is 9.61. The lowest BCUT2D eigenvalue weighted by atomic mass is 9.97. The number of ether oxygens (including phenoxy) is 1. The predicted octanol–water partition coefficient (Wildman–Crippen LogP) is 1.75. The normalized spacial score (nSPS) is 27.6. The molecule has 1 N–H and O–H groups in total. The van der Waals surface area contributed by atoms with Crippen LogP contribution >= 0.6 is 0 Å². The first-order chi connectivity index (χ1) is 7.59. The van der Waals surface area contributed by atoms with Crippen LogP contribution in [0, 0.1) is 11.8 Å². The van der Waals surface area contributed by atoms with Crippen molar-refractivity contribution in [3.63, 3.8) is 0 Å². The summed E-state index contributed by atoms with van der Waals surface area (Å²) in [6.07, 6.45) is 1.96. The zero-order valence-corrected chi connectivity index (χ0v) is 11.0. The molecule has 0 bridgehead atoms. The minimum absolute atomic E-state index is 0.0990. The van der Waals surface area contributed by atoms with E-state index in [-0.39, 0.29) is 6.10 Å². The molecule has 1 rings (SSSR count). The van der Waals surface area contributed by atoms with Crippen molar-refractivity contribution in [2.75, 3.05) is 32.8 Å². The van der Waals surface area contributed by atoms with E-state index in [1.165, 1.54) is 0 Å². The molecule has 1 aliphatic rings. The average Bonchev–Trinajstić information content (AvgIpc) is 2.22. The number of rotatable bonds is 6. The molecule has 96 valence electrons. The van der Waals surface area contributed by atoms with Gasteiger partial charge in [-0.05, 0) is 24.7 Å². The van der Waals surface area contributed by atoms with Gasteiger partial charge in [0.05, 0.1) is 12.7 Å². The van der Waals surface area contributed by atoms with E-state index in [0.717, 1.165) is 51.6 Å². The van der Waals surface area contributed by atoms with Crippen molar-refractivity contribution < 1.29 is 9.84 Å². The molecular formula is C13H27NO2. The van der Waals surface area contributed by atoms with Gasteiger partial charge in [0, 0.05) is 26.2 Å². The van der Waals surface area contributed by atoms with Crippen LogP contribution in [-0.4, -0.2) is 49.0 Å². The summed E-state index contributed by atoms with van der Waals surface area (Å²) in [5.41, 5.74) is 0. The summed E-state index contributed by atoms with van der Waals surface area (Å²) in [7, 11) is 0. The summed E-state index contributed by atoms with van der Waals surface area (Å²) in [6, 6.07) is 0. The smallest absolute Gasteiger partial charge is 0.0593 e. The van der Waals surface area contributed by atoms with Gasteiger partial charge in [0.15, 0.2) is 0 Å². The molecule has 1 fully saturated rings. The second-order valence-electron chi connectivity index (χ2n) is 5.43. The van der Waals surface area contributed by atoms with Crippen LogP contribution in [-0.2, 0) is 4.74 Å². The summed E-state index contributed by atoms with van der Waals surface area (Å²) in [6.45, 7) is 11.3. The summed E-state index contributed by atoms with van der Waals surface area (Å²) in [4.78, 5) is 2.40. The van der Waals surface area contributed by atoms with Gasteiger partial charge in [-0.25, -0.2) is 0 Å². The van der Waals surface area contributed by atoms with E-state index >= 15 is 0 Å². The Balaban J connectivity index is 2.01. The van der Waals surface area contributed by atoms with Gasteiger partial charge in [-0.2, -0.15) is 0 Å². The Morgan fingerprint density at radius 3 is 2.75 bits per heavy atom. The highest BCUT2D eigenvalue weighted by Gasteiger charge is 2.23. The predicted molar refractivity (Wildman–Crippen MR) is 66.5 cm³/mol. The molecule has 3 heteroatoms. The third-order valence-electron chi connectivity index (χ3n) is 3.34. The van der Waals surface area contributed by atoms with E-state index in [1.807, 2.05) is 0 Å². The van der Waals surface area contributed by atoms with Crippen LogP contribution in [0.4, 0.5) is 0 Å². The molecule has 0 aromatic carbocycles. The first kappa shape index (κ1) is 13.9. The molecule has 1 saturated heterocycles. The third kappa shape index (κ3) is 5.28. The lowest BCUT2D eigenvalue weighted by Crippen LogP contribution is -2.43. The van der Waals surface area contributed by atoms with Gasteiger partial charge in [-0.15, -0.1) is 0 Å². The van der Waals surface area contributed by atoms with Crippen LogP contribution in [0.2, 0.25) is 0 Å². The second-order valence-corrected chi connectivity index (χ2v) is 5.43. The number of hydrogen-bond donors (Lipinski definition) is 1. The third-order valence-corrected chi connectivity index (χ3v) is 3.34. The highest BCUT2D eigenvalue weighted by molar-refractivity contribution is 4.76. The SMILES string of the molecule is CC(C)CCOCCN1CCC(O)C(C)C1. The van der Waals surface area contributed by atoms with Crippen LogP contribution in [0.3, 0.4) is 0 Å².